The highest BCUT2D eigenvalue weighted by Gasteiger charge is 2.36. The molecule has 0 atom stereocenters. The molecular weight excluding hydrogens is 276 g/mol. The Labute approximate surface area is 122 Å². The maximum atomic E-state index is 11.6. The molecule has 116 valence electrons. The minimum Gasteiger partial charge on any atom is -0.370 e. The molecule has 0 spiro atoms. The van der Waals surface area contributed by atoms with Gasteiger partial charge in [-0.15, -0.1) is 0 Å². The zero-order valence-electron chi connectivity index (χ0n) is 12.1. The standard InChI is InChI=1S/C13H20N4O4/c1-9(10-11(18)15-13(20)16-12(10)19)14-3-2-4-17-5-7-21-8-6-17/h10H,2-8H2,1H3,(H2,15,16,18,19,20)/p+1. The number of nitrogens with zero attached hydrogens (tertiary/aromatic N) is 1. The van der Waals surface area contributed by atoms with Crippen LogP contribution in [0, 0.1) is 5.92 Å². The highest BCUT2D eigenvalue weighted by molar-refractivity contribution is 6.27. The van der Waals surface area contributed by atoms with E-state index in [1.54, 1.807) is 6.92 Å². The largest absolute Gasteiger partial charge is 0.370 e. The van der Waals surface area contributed by atoms with Gasteiger partial charge in [0.05, 0.1) is 19.8 Å². The second-order valence-electron chi connectivity index (χ2n) is 5.23. The zero-order chi connectivity index (χ0) is 15.2. The average molecular weight is 297 g/mol. The third-order valence-corrected chi connectivity index (χ3v) is 3.67. The number of barbiturate groups is 1. The summed E-state index contributed by atoms with van der Waals surface area (Å²) < 4.78 is 5.29. The van der Waals surface area contributed by atoms with Crippen LogP contribution in [0.1, 0.15) is 13.3 Å². The molecule has 8 heteroatoms. The summed E-state index contributed by atoms with van der Waals surface area (Å²) in [6.45, 7) is 6.84. The Kier molecular flexibility index (Phi) is 5.40. The van der Waals surface area contributed by atoms with Crippen molar-refractivity contribution in [2.75, 3.05) is 39.4 Å². The Hall–Kier alpha value is -1.80. The van der Waals surface area contributed by atoms with E-state index in [0.717, 1.165) is 39.3 Å². The summed E-state index contributed by atoms with van der Waals surface area (Å²) in [5.41, 5.74) is 0.439. The van der Waals surface area contributed by atoms with Crippen molar-refractivity contribution >= 4 is 23.6 Å². The quantitative estimate of drug-likeness (QED) is 0.303. The topological polar surface area (TPSA) is 101 Å². The number of quaternary nitrogens is 1. The number of urea groups is 1. The van der Waals surface area contributed by atoms with Crippen LogP contribution in [-0.2, 0) is 14.3 Å². The van der Waals surface area contributed by atoms with Crippen molar-refractivity contribution in [3.8, 4) is 0 Å². The molecule has 2 fully saturated rings. The maximum Gasteiger partial charge on any atom is 0.328 e. The Balaban J connectivity index is 1.78. The molecule has 0 bridgehead atoms. The second-order valence-corrected chi connectivity index (χ2v) is 5.23. The van der Waals surface area contributed by atoms with Crippen molar-refractivity contribution in [2.45, 2.75) is 13.3 Å². The van der Waals surface area contributed by atoms with Gasteiger partial charge in [0, 0.05) is 18.7 Å². The molecule has 2 aliphatic rings. The number of aliphatic imine (C=N–C) groups is 1. The van der Waals surface area contributed by atoms with E-state index in [4.69, 9.17) is 4.74 Å². The lowest BCUT2D eigenvalue weighted by atomic mass is 10.0. The van der Waals surface area contributed by atoms with Crippen molar-refractivity contribution in [2.24, 2.45) is 10.9 Å². The first-order valence-electron chi connectivity index (χ1n) is 7.16. The van der Waals surface area contributed by atoms with Gasteiger partial charge in [0.1, 0.15) is 13.1 Å². The van der Waals surface area contributed by atoms with Crippen molar-refractivity contribution in [1.82, 2.24) is 10.6 Å². The van der Waals surface area contributed by atoms with Gasteiger partial charge in [-0.05, 0) is 6.92 Å². The normalized spacial score (nSPS) is 22.1. The van der Waals surface area contributed by atoms with Crippen LogP contribution in [0.15, 0.2) is 4.99 Å². The molecule has 21 heavy (non-hydrogen) atoms. The minimum absolute atomic E-state index is 0.439. The zero-order valence-corrected chi connectivity index (χ0v) is 12.1. The fourth-order valence-corrected chi connectivity index (χ4v) is 2.48. The Morgan fingerprint density at radius 1 is 1.24 bits per heavy atom. The van der Waals surface area contributed by atoms with Gasteiger partial charge in [-0.2, -0.15) is 0 Å². The van der Waals surface area contributed by atoms with E-state index < -0.39 is 23.8 Å². The molecule has 0 aliphatic carbocycles. The molecule has 0 radical (unpaired) electrons. The number of imide groups is 2. The number of rotatable bonds is 5. The molecule has 0 aromatic carbocycles. The van der Waals surface area contributed by atoms with Gasteiger partial charge < -0.3 is 9.64 Å². The van der Waals surface area contributed by atoms with Crippen molar-refractivity contribution in [1.29, 1.82) is 0 Å². The van der Waals surface area contributed by atoms with Crippen LogP contribution in [-0.4, -0.2) is 62.9 Å². The highest BCUT2D eigenvalue weighted by atomic mass is 16.5. The summed E-state index contributed by atoms with van der Waals surface area (Å²) in [6.07, 6.45) is 0.890. The molecule has 2 aliphatic heterocycles. The third kappa shape index (κ3) is 4.33. The smallest absolute Gasteiger partial charge is 0.328 e. The highest BCUT2D eigenvalue weighted by Crippen LogP contribution is 2.05. The van der Waals surface area contributed by atoms with Gasteiger partial charge in [-0.25, -0.2) is 4.79 Å². The molecule has 0 aromatic rings. The molecule has 0 unspecified atom stereocenters. The summed E-state index contributed by atoms with van der Waals surface area (Å²) in [6, 6.07) is -0.773. The van der Waals surface area contributed by atoms with Gasteiger partial charge in [0.2, 0.25) is 11.8 Å². The summed E-state index contributed by atoms with van der Waals surface area (Å²) in [4.78, 5) is 40.1. The van der Waals surface area contributed by atoms with Crippen molar-refractivity contribution < 1.29 is 24.0 Å². The average Bonchev–Trinajstić information content (AvgIpc) is 2.43. The molecule has 3 N–H and O–H groups in total. The van der Waals surface area contributed by atoms with Crippen LogP contribution in [0.5, 0.6) is 0 Å². The van der Waals surface area contributed by atoms with E-state index in [-0.39, 0.29) is 0 Å². The Morgan fingerprint density at radius 3 is 2.48 bits per heavy atom. The summed E-state index contributed by atoms with van der Waals surface area (Å²) in [7, 11) is 0. The van der Waals surface area contributed by atoms with Gasteiger partial charge in [-0.1, -0.05) is 0 Å². The van der Waals surface area contributed by atoms with Crippen LogP contribution in [0.2, 0.25) is 0 Å². The number of carbonyl (C=O) groups excluding carboxylic acids is 3. The van der Waals surface area contributed by atoms with Gasteiger partial charge >= 0.3 is 6.03 Å². The molecule has 4 amide bonds. The lowest BCUT2D eigenvalue weighted by Gasteiger charge is -2.23. The van der Waals surface area contributed by atoms with Gasteiger partial charge in [0.15, 0.2) is 5.92 Å². The Bertz CT molecular complexity index is 437. The first-order valence-corrected chi connectivity index (χ1v) is 7.16. The second kappa shape index (κ2) is 7.28. The lowest BCUT2D eigenvalue weighted by Crippen LogP contribution is -3.14. The number of ether oxygens (including phenoxy) is 1. The van der Waals surface area contributed by atoms with Crippen LogP contribution in [0.3, 0.4) is 0 Å². The number of hydrogen-bond donors (Lipinski definition) is 3. The molecule has 0 saturated carbocycles. The van der Waals surface area contributed by atoms with Gasteiger partial charge in [0.25, 0.3) is 0 Å². The van der Waals surface area contributed by atoms with E-state index >= 15 is 0 Å². The van der Waals surface area contributed by atoms with E-state index in [1.807, 2.05) is 0 Å². The SMILES string of the molecule is CC(=NCCC[NH+]1CCOCC1)C1C(=O)NC(=O)NC1=O. The van der Waals surface area contributed by atoms with Gasteiger partial charge in [-0.3, -0.25) is 25.2 Å². The third-order valence-electron chi connectivity index (χ3n) is 3.67. The molecular formula is C13H21N4O4+. The molecule has 2 heterocycles. The monoisotopic (exact) mass is 297 g/mol. The van der Waals surface area contributed by atoms with Crippen LogP contribution >= 0.6 is 0 Å². The Morgan fingerprint density at radius 2 is 1.86 bits per heavy atom. The maximum absolute atomic E-state index is 11.6. The molecule has 8 nitrogen and oxygen atoms in total. The van der Waals surface area contributed by atoms with E-state index in [0.29, 0.717) is 12.3 Å². The number of nitrogens with one attached hydrogen (secondary N) is 3. The molecule has 2 rings (SSSR count). The van der Waals surface area contributed by atoms with Crippen LogP contribution in [0.4, 0.5) is 4.79 Å². The number of morpholine rings is 1. The number of hydrogen-bond acceptors (Lipinski definition) is 5. The lowest BCUT2D eigenvalue weighted by molar-refractivity contribution is -0.908. The first kappa shape index (κ1) is 15.6. The number of amides is 4. The summed E-state index contributed by atoms with van der Waals surface area (Å²) >= 11 is 0. The fourth-order valence-electron chi connectivity index (χ4n) is 2.48. The first-order chi connectivity index (χ1) is 10.1. The fraction of sp³-hybridized carbons (Fsp3) is 0.692. The van der Waals surface area contributed by atoms with Crippen LogP contribution < -0.4 is 15.5 Å². The predicted molar refractivity (Wildman–Crippen MR) is 74.1 cm³/mol. The minimum atomic E-state index is -1.00. The predicted octanol–water partition coefficient (Wildman–Crippen LogP) is -2.27. The molecule has 2 saturated heterocycles. The summed E-state index contributed by atoms with van der Waals surface area (Å²) in [5, 5.41) is 4.15. The van der Waals surface area contributed by atoms with Crippen molar-refractivity contribution in [3.63, 3.8) is 0 Å². The van der Waals surface area contributed by atoms with Crippen molar-refractivity contribution in [3.05, 3.63) is 0 Å². The van der Waals surface area contributed by atoms with Crippen LogP contribution in [0.25, 0.3) is 0 Å². The summed E-state index contributed by atoms with van der Waals surface area (Å²) in [5.74, 6) is -2.22. The number of carbonyl (C=O) groups is 3. The van der Waals surface area contributed by atoms with E-state index in [2.05, 4.69) is 15.6 Å². The van der Waals surface area contributed by atoms with E-state index in [1.165, 1.54) is 4.90 Å². The van der Waals surface area contributed by atoms with E-state index in [9.17, 15) is 14.4 Å². The molecule has 0 aromatic heterocycles.